The van der Waals surface area contributed by atoms with E-state index in [0.29, 0.717) is 22.6 Å². The zero-order valence-electron chi connectivity index (χ0n) is 15.3. The Bertz CT molecular complexity index is 933. The number of ether oxygens (including phenoxy) is 1. The third-order valence-electron chi connectivity index (χ3n) is 4.23. The molecule has 1 unspecified atom stereocenters. The summed E-state index contributed by atoms with van der Waals surface area (Å²) in [5.74, 6) is -2.83. The van der Waals surface area contributed by atoms with Gasteiger partial charge in [-0.2, -0.15) is 13.2 Å². The first kappa shape index (κ1) is 20.5. The average Bonchev–Trinajstić information content (AvgIpc) is 3.11. The second-order valence-electron chi connectivity index (χ2n) is 6.30. The summed E-state index contributed by atoms with van der Waals surface area (Å²) in [7, 11) is 1.49. The number of carbonyl (C=O) groups excluding carboxylic acids is 1. The first-order chi connectivity index (χ1) is 13.7. The van der Waals surface area contributed by atoms with Crippen molar-refractivity contribution < 1.29 is 32.6 Å². The van der Waals surface area contributed by atoms with Gasteiger partial charge in [0.2, 0.25) is 0 Å². The highest BCUT2D eigenvalue weighted by Gasteiger charge is 2.60. The molecular weight excluding hydrogens is 391 g/mol. The predicted octanol–water partition coefficient (Wildman–Crippen LogP) is 3.39. The Kier molecular flexibility index (Phi) is 5.64. The minimum Gasteiger partial charge on any atom is -0.495 e. The van der Waals surface area contributed by atoms with Gasteiger partial charge in [-0.3, -0.25) is 0 Å². The van der Waals surface area contributed by atoms with E-state index in [1.54, 1.807) is 48.5 Å². The van der Waals surface area contributed by atoms with Crippen molar-refractivity contribution in [3.8, 4) is 5.75 Å². The summed E-state index contributed by atoms with van der Waals surface area (Å²) in [5, 5.41) is 18.2. The van der Waals surface area contributed by atoms with Gasteiger partial charge in [0.1, 0.15) is 5.75 Å². The van der Waals surface area contributed by atoms with Gasteiger partial charge in [0.15, 0.2) is 0 Å². The van der Waals surface area contributed by atoms with Crippen LogP contribution in [0.5, 0.6) is 5.75 Å². The van der Waals surface area contributed by atoms with Crippen LogP contribution in [0.15, 0.2) is 53.7 Å². The number of hydrogen-bond donors (Lipinski definition) is 3. The molecule has 0 bridgehead atoms. The van der Waals surface area contributed by atoms with E-state index in [4.69, 9.17) is 4.74 Å². The Morgan fingerprint density at radius 2 is 2.03 bits per heavy atom. The molecule has 0 aromatic heterocycles. The summed E-state index contributed by atoms with van der Waals surface area (Å²) in [6.07, 6.45) is -5.78. The van der Waals surface area contributed by atoms with E-state index in [-0.39, 0.29) is 12.3 Å². The van der Waals surface area contributed by atoms with Crippen LogP contribution in [0.25, 0.3) is 0 Å². The number of para-hydroxylation sites is 2. The standard InChI is InChI=1S/C19H18F3N3O4/c1-28-16-8-3-2-7-14(16)24-17(26)23-11-12-5-4-6-13(9-12)15-10-18(27,29-25-15)19(20,21)22/h2-9,27H,10-11H2,1H3,(H2,23,24,26). The van der Waals surface area contributed by atoms with Gasteiger partial charge in [0, 0.05) is 6.54 Å². The second kappa shape index (κ2) is 8.00. The van der Waals surface area contributed by atoms with Gasteiger partial charge in [0.05, 0.1) is 24.9 Å². The molecule has 3 N–H and O–H groups in total. The molecule has 1 heterocycles. The predicted molar refractivity (Wildman–Crippen MR) is 98.5 cm³/mol. The molecule has 7 nitrogen and oxygen atoms in total. The van der Waals surface area contributed by atoms with E-state index >= 15 is 0 Å². The van der Waals surface area contributed by atoms with E-state index in [1.807, 2.05) is 0 Å². The van der Waals surface area contributed by atoms with Gasteiger partial charge >= 0.3 is 18.0 Å². The number of rotatable bonds is 5. The van der Waals surface area contributed by atoms with Crippen LogP contribution >= 0.6 is 0 Å². The fourth-order valence-electron chi connectivity index (χ4n) is 2.69. The molecule has 154 valence electrons. The van der Waals surface area contributed by atoms with Crippen LogP contribution in [0, 0.1) is 0 Å². The molecule has 3 rings (SSSR count). The SMILES string of the molecule is COc1ccccc1NC(=O)NCc1cccc(C2=NOC(O)(C(F)(F)F)C2)c1. The topological polar surface area (TPSA) is 92.2 Å². The molecule has 2 aromatic carbocycles. The van der Waals surface area contributed by atoms with E-state index in [2.05, 4.69) is 20.6 Å². The largest absolute Gasteiger partial charge is 0.495 e. The lowest BCUT2D eigenvalue weighted by molar-refractivity contribution is -0.355. The summed E-state index contributed by atoms with van der Waals surface area (Å²) in [4.78, 5) is 16.3. The van der Waals surface area contributed by atoms with Crippen LogP contribution in [0.4, 0.5) is 23.7 Å². The van der Waals surface area contributed by atoms with Gasteiger partial charge in [-0.15, -0.1) is 0 Å². The van der Waals surface area contributed by atoms with E-state index in [1.165, 1.54) is 7.11 Å². The van der Waals surface area contributed by atoms with Crippen molar-refractivity contribution in [3.63, 3.8) is 0 Å². The number of benzene rings is 2. The van der Waals surface area contributed by atoms with Crippen LogP contribution in [-0.2, 0) is 11.4 Å². The van der Waals surface area contributed by atoms with Crippen molar-refractivity contribution in [2.24, 2.45) is 5.16 Å². The Balaban J connectivity index is 1.62. The zero-order chi connectivity index (χ0) is 21.1. The number of nitrogens with one attached hydrogen (secondary N) is 2. The number of amides is 2. The number of oxime groups is 1. The third-order valence-corrected chi connectivity index (χ3v) is 4.23. The minimum atomic E-state index is -4.96. The maximum Gasteiger partial charge on any atom is 0.458 e. The molecule has 2 aromatic rings. The summed E-state index contributed by atoms with van der Waals surface area (Å²) in [6.45, 7) is 0.118. The number of halogens is 3. The highest BCUT2D eigenvalue weighted by atomic mass is 19.4. The van der Waals surface area contributed by atoms with Crippen LogP contribution in [0.3, 0.4) is 0 Å². The van der Waals surface area contributed by atoms with Crippen molar-refractivity contribution >= 4 is 17.4 Å². The monoisotopic (exact) mass is 409 g/mol. The van der Waals surface area contributed by atoms with E-state index in [9.17, 15) is 23.1 Å². The molecule has 1 atom stereocenters. The molecule has 0 fully saturated rings. The van der Waals surface area contributed by atoms with Crippen LogP contribution < -0.4 is 15.4 Å². The van der Waals surface area contributed by atoms with Crippen molar-refractivity contribution in [2.75, 3.05) is 12.4 Å². The Labute approximate surface area is 164 Å². The van der Waals surface area contributed by atoms with E-state index < -0.39 is 24.4 Å². The van der Waals surface area contributed by atoms with Crippen molar-refractivity contribution in [1.82, 2.24) is 5.32 Å². The molecule has 0 aliphatic carbocycles. The van der Waals surface area contributed by atoms with Crippen molar-refractivity contribution in [3.05, 3.63) is 59.7 Å². The first-order valence-electron chi connectivity index (χ1n) is 8.53. The van der Waals surface area contributed by atoms with Crippen molar-refractivity contribution in [2.45, 2.75) is 24.9 Å². The number of alkyl halides is 3. The van der Waals surface area contributed by atoms with Crippen LogP contribution in [0.2, 0.25) is 0 Å². The van der Waals surface area contributed by atoms with Gasteiger partial charge in [-0.1, -0.05) is 35.5 Å². The molecule has 2 amide bonds. The molecule has 0 radical (unpaired) electrons. The average molecular weight is 409 g/mol. The number of aliphatic hydroxyl groups is 1. The van der Waals surface area contributed by atoms with Gasteiger partial charge in [0.25, 0.3) is 0 Å². The fraction of sp³-hybridized carbons (Fsp3) is 0.263. The maximum absolute atomic E-state index is 12.8. The summed E-state index contributed by atoms with van der Waals surface area (Å²) in [6, 6.07) is 12.8. The Morgan fingerprint density at radius 1 is 1.28 bits per heavy atom. The number of anilines is 1. The number of methoxy groups -OCH3 is 1. The maximum atomic E-state index is 12.8. The molecule has 1 aliphatic rings. The smallest absolute Gasteiger partial charge is 0.458 e. The minimum absolute atomic E-state index is 0.0369. The van der Waals surface area contributed by atoms with Crippen molar-refractivity contribution in [1.29, 1.82) is 0 Å². The second-order valence-corrected chi connectivity index (χ2v) is 6.30. The zero-order valence-corrected chi connectivity index (χ0v) is 15.3. The quantitative estimate of drug-likeness (QED) is 0.706. The molecule has 0 spiro atoms. The third kappa shape index (κ3) is 4.60. The Morgan fingerprint density at radius 3 is 2.72 bits per heavy atom. The van der Waals surface area contributed by atoms with Crippen LogP contribution in [0.1, 0.15) is 17.5 Å². The highest BCUT2D eigenvalue weighted by molar-refractivity contribution is 6.01. The van der Waals surface area contributed by atoms with Crippen LogP contribution in [-0.4, -0.2) is 35.9 Å². The number of carbonyl (C=O) groups is 1. The summed E-state index contributed by atoms with van der Waals surface area (Å²) in [5.41, 5.74) is 1.44. The van der Waals surface area contributed by atoms with Gasteiger partial charge in [-0.25, -0.2) is 4.79 Å². The molecule has 10 heteroatoms. The lowest BCUT2D eigenvalue weighted by atomic mass is 10.0. The van der Waals surface area contributed by atoms with Gasteiger partial charge in [-0.05, 0) is 29.3 Å². The fourth-order valence-corrected chi connectivity index (χ4v) is 2.69. The number of hydrogen-bond acceptors (Lipinski definition) is 5. The molecular formula is C19H18F3N3O4. The van der Waals surface area contributed by atoms with Gasteiger partial charge < -0.3 is 25.3 Å². The molecule has 1 aliphatic heterocycles. The number of nitrogens with zero attached hydrogens (tertiary/aromatic N) is 1. The molecule has 0 saturated heterocycles. The Hall–Kier alpha value is -3.27. The molecule has 29 heavy (non-hydrogen) atoms. The molecule has 0 saturated carbocycles. The summed E-state index contributed by atoms with van der Waals surface area (Å²) < 4.78 is 43.7. The lowest BCUT2D eigenvalue weighted by Gasteiger charge is -2.22. The number of urea groups is 1. The summed E-state index contributed by atoms with van der Waals surface area (Å²) >= 11 is 0. The lowest BCUT2D eigenvalue weighted by Crippen LogP contribution is -2.45. The first-order valence-corrected chi connectivity index (χ1v) is 8.53. The normalized spacial score (nSPS) is 18.6. The van der Waals surface area contributed by atoms with E-state index in [0.717, 1.165) is 0 Å². The highest BCUT2D eigenvalue weighted by Crippen LogP contribution is 2.39.